The van der Waals surface area contributed by atoms with Gasteiger partial charge in [-0.2, -0.15) is 0 Å². The summed E-state index contributed by atoms with van der Waals surface area (Å²) >= 11 is 0. The molecule has 1 aromatic heterocycles. The topological polar surface area (TPSA) is 82.6 Å². The van der Waals surface area contributed by atoms with Gasteiger partial charge in [-0.05, 0) is 42.9 Å². The fourth-order valence-electron chi connectivity index (χ4n) is 4.68. The fourth-order valence-corrected chi connectivity index (χ4v) is 4.68. The summed E-state index contributed by atoms with van der Waals surface area (Å²) in [6, 6.07) is 8.25. The Labute approximate surface area is 196 Å². The van der Waals surface area contributed by atoms with Crippen LogP contribution in [0.2, 0.25) is 0 Å². The summed E-state index contributed by atoms with van der Waals surface area (Å²) in [7, 11) is 5.59. The zero-order valence-electron chi connectivity index (χ0n) is 20.3. The monoisotopic (exact) mass is 452 g/mol. The number of aromatic nitrogens is 2. The van der Waals surface area contributed by atoms with Crippen molar-refractivity contribution < 1.29 is 9.53 Å². The van der Waals surface area contributed by atoms with Crippen molar-refractivity contribution in [2.24, 2.45) is 5.92 Å². The Kier molecular flexibility index (Phi) is 7.14. The fraction of sp³-hybridized carbons (Fsp3) is 0.560. The minimum absolute atomic E-state index is 0.136. The summed E-state index contributed by atoms with van der Waals surface area (Å²) < 4.78 is 5.31. The molecule has 1 aromatic carbocycles. The third-order valence-electron chi connectivity index (χ3n) is 6.84. The van der Waals surface area contributed by atoms with Crippen LogP contribution < -0.4 is 20.5 Å². The first-order valence-electron chi connectivity index (χ1n) is 11.9. The maximum atomic E-state index is 13.1. The number of ether oxygens (including phenoxy) is 1. The van der Waals surface area contributed by atoms with E-state index in [4.69, 9.17) is 9.72 Å². The van der Waals surface area contributed by atoms with E-state index in [0.29, 0.717) is 17.9 Å². The number of likely N-dealkylation sites (tertiary alicyclic amines) is 1. The summed E-state index contributed by atoms with van der Waals surface area (Å²) in [5.41, 5.74) is 9.68. The summed E-state index contributed by atoms with van der Waals surface area (Å²) in [6.07, 6.45) is 4.56. The molecule has 178 valence electrons. The molecule has 0 radical (unpaired) electrons. The van der Waals surface area contributed by atoms with Crippen molar-refractivity contribution in [3.05, 3.63) is 36.2 Å². The maximum Gasteiger partial charge on any atom is 0.241 e. The number of anilines is 1. The van der Waals surface area contributed by atoms with Crippen LogP contribution in [0.3, 0.4) is 0 Å². The molecule has 1 amide bonds. The van der Waals surface area contributed by atoms with Crippen molar-refractivity contribution in [1.29, 1.82) is 0 Å². The van der Waals surface area contributed by atoms with E-state index in [1.54, 1.807) is 7.11 Å². The van der Waals surface area contributed by atoms with Crippen LogP contribution in [-0.2, 0) is 4.79 Å². The average molecular weight is 453 g/mol. The number of carbonyl (C=O) groups excluding carboxylic acids is 1. The number of amides is 1. The molecule has 8 heteroatoms. The largest absolute Gasteiger partial charge is 0.497 e. The zero-order chi connectivity index (χ0) is 23.5. The van der Waals surface area contributed by atoms with Crippen LogP contribution in [0.15, 0.2) is 30.5 Å². The second kappa shape index (κ2) is 10.1. The molecule has 2 aliphatic rings. The molecule has 0 bridgehead atoms. The molecule has 2 fully saturated rings. The molecular formula is C25H36N6O2. The van der Waals surface area contributed by atoms with Crippen LogP contribution in [-0.4, -0.2) is 67.2 Å². The molecule has 4 rings (SSSR count). The summed E-state index contributed by atoms with van der Waals surface area (Å²) in [5, 5.41) is 0. The first-order valence-corrected chi connectivity index (χ1v) is 11.9. The third kappa shape index (κ3) is 5.12. The first kappa shape index (κ1) is 23.4. The highest BCUT2D eigenvalue weighted by Crippen LogP contribution is 2.35. The quantitative estimate of drug-likeness (QED) is 0.697. The number of carbonyl (C=O) groups is 1. The lowest BCUT2D eigenvalue weighted by molar-refractivity contribution is -0.134. The van der Waals surface area contributed by atoms with Gasteiger partial charge in [0, 0.05) is 50.9 Å². The van der Waals surface area contributed by atoms with Crippen LogP contribution in [0.5, 0.6) is 5.75 Å². The Morgan fingerprint density at radius 1 is 1.15 bits per heavy atom. The van der Waals surface area contributed by atoms with Crippen molar-refractivity contribution in [2.75, 3.05) is 39.2 Å². The highest BCUT2D eigenvalue weighted by Gasteiger charge is 2.35. The molecule has 2 atom stereocenters. The van der Waals surface area contributed by atoms with Crippen molar-refractivity contribution >= 4 is 11.9 Å². The van der Waals surface area contributed by atoms with Crippen LogP contribution in [0.1, 0.15) is 44.7 Å². The number of nitrogens with one attached hydrogen (secondary N) is 2. The van der Waals surface area contributed by atoms with Crippen LogP contribution in [0.4, 0.5) is 5.95 Å². The lowest BCUT2D eigenvalue weighted by atomic mass is 9.88. The lowest BCUT2D eigenvalue weighted by Crippen LogP contribution is -2.48. The molecule has 0 spiro atoms. The number of rotatable bonds is 6. The second-order valence-electron chi connectivity index (χ2n) is 9.62. The Morgan fingerprint density at radius 2 is 1.85 bits per heavy atom. The van der Waals surface area contributed by atoms with Crippen LogP contribution in [0, 0.1) is 5.92 Å². The van der Waals surface area contributed by atoms with E-state index in [1.165, 1.54) is 0 Å². The molecule has 2 aromatic rings. The highest BCUT2D eigenvalue weighted by atomic mass is 16.5. The smallest absolute Gasteiger partial charge is 0.241 e. The molecule has 3 heterocycles. The van der Waals surface area contributed by atoms with Gasteiger partial charge in [-0.3, -0.25) is 10.2 Å². The lowest BCUT2D eigenvalue weighted by Gasteiger charge is -2.34. The van der Waals surface area contributed by atoms with Crippen molar-refractivity contribution in [1.82, 2.24) is 25.7 Å². The van der Waals surface area contributed by atoms with E-state index in [2.05, 4.69) is 41.8 Å². The van der Waals surface area contributed by atoms with E-state index in [-0.39, 0.29) is 17.9 Å². The molecule has 2 N–H and O–H groups in total. The van der Waals surface area contributed by atoms with E-state index in [1.807, 2.05) is 42.2 Å². The standard InChI is InChI=1S/C25H36N6O2/c1-16(2)21-14-22(29-28-21)24(32)31-12-10-18(11-13-31)23-20(15-26-25(27-23)30(3)4)17-6-8-19(33-5)9-7-17/h6-9,15-16,18,21-22,28-29H,10-14H2,1-5H3. The SMILES string of the molecule is COc1ccc(-c2cnc(N(C)C)nc2C2CCN(C(=O)C3CC(C(C)C)NN3)CC2)cc1. The van der Waals surface area contributed by atoms with E-state index < -0.39 is 0 Å². The predicted molar refractivity (Wildman–Crippen MR) is 130 cm³/mol. The molecule has 8 nitrogen and oxygen atoms in total. The molecule has 2 unspecified atom stereocenters. The summed E-state index contributed by atoms with van der Waals surface area (Å²) in [5.74, 6) is 2.53. The second-order valence-corrected chi connectivity index (χ2v) is 9.62. The van der Waals surface area contributed by atoms with Gasteiger partial charge < -0.3 is 14.5 Å². The number of hydrogen-bond acceptors (Lipinski definition) is 7. The normalized spacial score (nSPS) is 21.5. The molecule has 0 saturated carbocycles. The van der Waals surface area contributed by atoms with Gasteiger partial charge in [-0.1, -0.05) is 26.0 Å². The van der Waals surface area contributed by atoms with Gasteiger partial charge in [0.15, 0.2) is 0 Å². The molecule has 33 heavy (non-hydrogen) atoms. The molecule has 2 saturated heterocycles. The highest BCUT2D eigenvalue weighted by molar-refractivity contribution is 5.82. The van der Waals surface area contributed by atoms with E-state index in [0.717, 1.165) is 54.9 Å². The van der Waals surface area contributed by atoms with Gasteiger partial charge in [0.25, 0.3) is 0 Å². The van der Waals surface area contributed by atoms with Crippen LogP contribution in [0.25, 0.3) is 11.1 Å². The third-order valence-corrected chi connectivity index (χ3v) is 6.84. The number of benzene rings is 1. The zero-order valence-corrected chi connectivity index (χ0v) is 20.3. The number of piperidine rings is 1. The van der Waals surface area contributed by atoms with Crippen molar-refractivity contribution in [3.8, 4) is 16.9 Å². The minimum Gasteiger partial charge on any atom is -0.497 e. The number of hydrogen-bond donors (Lipinski definition) is 2. The Hall–Kier alpha value is -2.71. The van der Waals surface area contributed by atoms with Gasteiger partial charge in [0.2, 0.25) is 11.9 Å². The predicted octanol–water partition coefficient (Wildman–Crippen LogP) is 2.82. The first-order chi connectivity index (χ1) is 15.9. The van der Waals surface area contributed by atoms with E-state index >= 15 is 0 Å². The number of methoxy groups -OCH3 is 1. The van der Waals surface area contributed by atoms with Gasteiger partial charge in [0.1, 0.15) is 11.8 Å². The van der Waals surface area contributed by atoms with Gasteiger partial charge in [-0.15, -0.1) is 0 Å². The molecular weight excluding hydrogens is 416 g/mol. The molecule has 0 aliphatic carbocycles. The Morgan fingerprint density at radius 3 is 2.42 bits per heavy atom. The minimum atomic E-state index is -0.136. The Balaban J connectivity index is 1.50. The van der Waals surface area contributed by atoms with Crippen LogP contribution >= 0.6 is 0 Å². The van der Waals surface area contributed by atoms with Gasteiger partial charge in [-0.25, -0.2) is 15.4 Å². The Bertz CT molecular complexity index is 954. The van der Waals surface area contributed by atoms with Gasteiger partial charge >= 0.3 is 0 Å². The number of hydrazine groups is 1. The summed E-state index contributed by atoms with van der Waals surface area (Å²) in [6.45, 7) is 5.86. The summed E-state index contributed by atoms with van der Waals surface area (Å²) in [4.78, 5) is 26.6. The molecule has 2 aliphatic heterocycles. The maximum absolute atomic E-state index is 13.1. The van der Waals surface area contributed by atoms with Crippen molar-refractivity contribution in [3.63, 3.8) is 0 Å². The number of nitrogens with zero attached hydrogens (tertiary/aromatic N) is 4. The van der Waals surface area contributed by atoms with Gasteiger partial charge in [0.05, 0.1) is 12.8 Å². The van der Waals surface area contributed by atoms with E-state index in [9.17, 15) is 4.79 Å². The average Bonchev–Trinajstić information content (AvgIpc) is 3.34. The van der Waals surface area contributed by atoms with Crippen molar-refractivity contribution in [2.45, 2.75) is 51.1 Å².